The zero-order chi connectivity index (χ0) is 17.3. The van der Waals surface area contributed by atoms with Gasteiger partial charge in [-0.1, -0.05) is 26.2 Å². The molecule has 1 aliphatic heterocycles. The van der Waals surface area contributed by atoms with Crippen LogP contribution in [0.15, 0.2) is 0 Å². The molecule has 24 heavy (non-hydrogen) atoms. The predicted octanol–water partition coefficient (Wildman–Crippen LogP) is 2.01. The van der Waals surface area contributed by atoms with Crippen molar-refractivity contribution in [3.8, 4) is 0 Å². The van der Waals surface area contributed by atoms with Crippen LogP contribution in [0.2, 0.25) is 0 Å². The number of hydrogen-bond donors (Lipinski definition) is 1. The van der Waals surface area contributed by atoms with Crippen LogP contribution in [0.1, 0.15) is 39.5 Å². The Morgan fingerprint density at radius 2 is 1.33 bits per heavy atom. The maximum absolute atomic E-state index is 6.04. The van der Waals surface area contributed by atoms with Gasteiger partial charge in [0, 0.05) is 6.54 Å². The van der Waals surface area contributed by atoms with Gasteiger partial charge in [-0.2, -0.15) is 0 Å². The molecule has 144 valence electrons. The van der Waals surface area contributed by atoms with Crippen molar-refractivity contribution in [2.45, 2.75) is 45.1 Å². The van der Waals surface area contributed by atoms with E-state index in [1.807, 2.05) is 0 Å². The van der Waals surface area contributed by atoms with Crippen molar-refractivity contribution in [3.63, 3.8) is 0 Å². The van der Waals surface area contributed by atoms with Crippen LogP contribution >= 0.6 is 0 Å². The van der Waals surface area contributed by atoms with E-state index in [0.29, 0.717) is 59.5 Å². The Labute approximate surface area is 147 Å². The normalized spacial score (nSPS) is 25.8. The monoisotopic (exact) mass is 347 g/mol. The van der Waals surface area contributed by atoms with Crippen molar-refractivity contribution < 1.29 is 23.7 Å². The highest BCUT2D eigenvalue weighted by Gasteiger charge is 2.25. The van der Waals surface area contributed by atoms with Crippen LogP contribution in [0.5, 0.6) is 0 Å². The quantitative estimate of drug-likeness (QED) is 0.711. The maximum Gasteiger partial charge on any atom is 0.101 e. The van der Waals surface area contributed by atoms with Crippen LogP contribution in [0, 0.1) is 0 Å². The number of rotatable bonds is 7. The molecular formula is C18H37NO5. The number of hydrogen-bond acceptors (Lipinski definition) is 6. The van der Waals surface area contributed by atoms with Crippen molar-refractivity contribution in [1.29, 1.82) is 0 Å². The summed E-state index contributed by atoms with van der Waals surface area (Å²) in [5.74, 6) is 0. The molecule has 0 aromatic heterocycles. The van der Waals surface area contributed by atoms with E-state index < -0.39 is 0 Å². The van der Waals surface area contributed by atoms with Gasteiger partial charge in [0.05, 0.1) is 59.5 Å². The fraction of sp³-hybridized carbons (Fsp3) is 1.00. The summed E-state index contributed by atoms with van der Waals surface area (Å²) in [5, 5.41) is 3.50. The average Bonchev–Trinajstić information content (AvgIpc) is 2.58. The van der Waals surface area contributed by atoms with E-state index in [4.69, 9.17) is 23.7 Å². The molecule has 0 bridgehead atoms. The number of nitrogens with one attached hydrogen (secondary N) is 1. The van der Waals surface area contributed by atoms with E-state index in [1.165, 1.54) is 25.7 Å². The van der Waals surface area contributed by atoms with Crippen molar-refractivity contribution in [2.24, 2.45) is 0 Å². The fourth-order valence-electron chi connectivity index (χ4n) is 2.47. The SMILES string of the molecule is CCCCCCNCC1(C)COCCOCCOCCOCCO1. The highest BCUT2D eigenvalue weighted by Crippen LogP contribution is 2.11. The van der Waals surface area contributed by atoms with Crippen LogP contribution in [0.25, 0.3) is 0 Å². The summed E-state index contributed by atoms with van der Waals surface area (Å²) in [7, 11) is 0. The first-order valence-corrected chi connectivity index (χ1v) is 9.42. The molecule has 1 unspecified atom stereocenters. The number of ether oxygens (including phenoxy) is 5. The van der Waals surface area contributed by atoms with Gasteiger partial charge in [-0.15, -0.1) is 0 Å². The van der Waals surface area contributed by atoms with Gasteiger partial charge in [0.2, 0.25) is 0 Å². The van der Waals surface area contributed by atoms with Gasteiger partial charge in [0.1, 0.15) is 5.60 Å². The second-order valence-corrected chi connectivity index (χ2v) is 6.43. The lowest BCUT2D eigenvalue weighted by atomic mass is 10.1. The molecule has 6 heteroatoms. The van der Waals surface area contributed by atoms with Crippen LogP contribution in [0.4, 0.5) is 0 Å². The number of unbranched alkanes of at least 4 members (excludes halogenated alkanes) is 3. The zero-order valence-corrected chi connectivity index (χ0v) is 15.6. The smallest absolute Gasteiger partial charge is 0.101 e. The standard InChI is InChI=1S/C18H37NO5/c1-3-4-5-6-7-19-16-18(2)17-23-13-12-21-9-8-20-10-11-22-14-15-24-18/h19H,3-17H2,1-2H3. The third-order valence-electron chi connectivity index (χ3n) is 3.91. The lowest BCUT2D eigenvalue weighted by Gasteiger charge is -2.30. The Morgan fingerprint density at radius 3 is 1.96 bits per heavy atom. The van der Waals surface area contributed by atoms with E-state index in [0.717, 1.165) is 13.1 Å². The summed E-state index contributed by atoms with van der Waals surface area (Å²) in [6.07, 6.45) is 5.06. The van der Waals surface area contributed by atoms with E-state index in [-0.39, 0.29) is 5.60 Å². The summed E-state index contributed by atoms with van der Waals surface area (Å²) in [6.45, 7) is 11.3. The Kier molecular flexibility index (Phi) is 13.7. The first kappa shape index (κ1) is 21.8. The Hall–Kier alpha value is -0.240. The summed E-state index contributed by atoms with van der Waals surface area (Å²) < 4.78 is 28.2. The molecular weight excluding hydrogens is 310 g/mol. The zero-order valence-electron chi connectivity index (χ0n) is 15.6. The molecule has 1 fully saturated rings. The third-order valence-corrected chi connectivity index (χ3v) is 3.91. The largest absolute Gasteiger partial charge is 0.377 e. The third kappa shape index (κ3) is 12.2. The molecule has 0 radical (unpaired) electrons. The second kappa shape index (κ2) is 15.0. The molecule has 0 aromatic carbocycles. The van der Waals surface area contributed by atoms with Gasteiger partial charge < -0.3 is 29.0 Å². The maximum atomic E-state index is 6.04. The van der Waals surface area contributed by atoms with Gasteiger partial charge in [-0.3, -0.25) is 0 Å². The van der Waals surface area contributed by atoms with Gasteiger partial charge >= 0.3 is 0 Å². The van der Waals surface area contributed by atoms with E-state index in [1.54, 1.807) is 0 Å². The van der Waals surface area contributed by atoms with Crippen LogP contribution in [-0.2, 0) is 23.7 Å². The highest BCUT2D eigenvalue weighted by atomic mass is 16.6. The molecule has 1 rings (SSSR count). The minimum Gasteiger partial charge on any atom is -0.377 e. The minimum absolute atomic E-state index is 0.342. The predicted molar refractivity (Wildman–Crippen MR) is 94.6 cm³/mol. The molecule has 6 nitrogen and oxygen atoms in total. The molecule has 0 aromatic rings. The van der Waals surface area contributed by atoms with E-state index in [9.17, 15) is 0 Å². The van der Waals surface area contributed by atoms with E-state index in [2.05, 4.69) is 19.2 Å². The second-order valence-electron chi connectivity index (χ2n) is 6.43. The highest BCUT2D eigenvalue weighted by molar-refractivity contribution is 4.78. The topological polar surface area (TPSA) is 58.2 Å². The van der Waals surface area contributed by atoms with Gasteiger partial charge in [-0.05, 0) is 19.9 Å². The lowest BCUT2D eigenvalue weighted by molar-refractivity contribution is -0.102. The summed E-state index contributed by atoms with van der Waals surface area (Å²) in [4.78, 5) is 0. The van der Waals surface area contributed by atoms with Crippen molar-refractivity contribution in [1.82, 2.24) is 5.32 Å². The van der Waals surface area contributed by atoms with Crippen LogP contribution in [0.3, 0.4) is 0 Å². The van der Waals surface area contributed by atoms with Crippen molar-refractivity contribution in [3.05, 3.63) is 0 Å². The lowest BCUT2D eigenvalue weighted by Crippen LogP contribution is -2.45. The molecule has 1 N–H and O–H groups in total. The molecule has 1 heterocycles. The summed E-state index contributed by atoms with van der Waals surface area (Å²) in [5.41, 5.74) is -0.342. The fourth-order valence-corrected chi connectivity index (χ4v) is 2.47. The van der Waals surface area contributed by atoms with Gasteiger partial charge in [-0.25, -0.2) is 0 Å². The summed E-state index contributed by atoms with van der Waals surface area (Å²) in [6, 6.07) is 0. The Bertz CT molecular complexity index is 262. The molecule has 0 aliphatic carbocycles. The Balaban J connectivity index is 2.29. The molecule has 0 spiro atoms. The first-order chi connectivity index (χ1) is 11.8. The van der Waals surface area contributed by atoms with Gasteiger partial charge in [0.15, 0.2) is 0 Å². The molecule has 1 saturated heterocycles. The molecule has 1 aliphatic rings. The van der Waals surface area contributed by atoms with Crippen LogP contribution in [-0.4, -0.2) is 78.2 Å². The first-order valence-electron chi connectivity index (χ1n) is 9.42. The summed E-state index contributed by atoms with van der Waals surface area (Å²) >= 11 is 0. The van der Waals surface area contributed by atoms with Crippen molar-refractivity contribution >= 4 is 0 Å². The van der Waals surface area contributed by atoms with Crippen molar-refractivity contribution in [2.75, 3.05) is 72.6 Å². The molecule has 0 saturated carbocycles. The molecule has 1 atom stereocenters. The minimum atomic E-state index is -0.342. The van der Waals surface area contributed by atoms with Crippen LogP contribution < -0.4 is 5.32 Å². The van der Waals surface area contributed by atoms with Gasteiger partial charge in [0.25, 0.3) is 0 Å². The van der Waals surface area contributed by atoms with E-state index >= 15 is 0 Å². The average molecular weight is 347 g/mol. The Morgan fingerprint density at radius 1 is 0.750 bits per heavy atom. The molecule has 0 amide bonds.